The van der Waals surface area contributed by atoms with E-state index in [4.69, 9.17) is 4.98 Å². The zero-order valence-corrected chi connectivity index (χ0v) is 12.9. The van der Waals surface area contributed by atoms with E-state index in [0.29, 0.717) is 6.04 Å². The van der Waals surface area contributed by atoms with Crippen molar-refractivity contribution in [2.45, 2.75) is 25.8 Å². The minimum Gasteiger partial charge on any atom is -0.344 e. The van der Waals surface area contributed by atoms with Crippen LogP contribution in [0.2, 0.25) is 0 Å². The molecule has 3 nitrogen and oxygen atoms in total. The van der Waals surface area contributed by atoms with Gasteiger partial charge in [-0.1, -0.05) is 28.1 Å². The smallest absolute Gasteiger partial charge is 0.124 e. The molecule has 0 aliphatic carbocycles. The van der Waals surface area contributed by atoms with Crippen molar-refractivity contribution in [3.8, 4) is 11.3 Å². The maximum absolute atomic E-state index is 4.83. The molecule has 1 aromatic carbocycles. The van der Waals surface area contributed by atoms with Gasteiger partial charge in [-0.15, -0.1) is 0 Å². The molecular formula is C15H18BrN3. The number of nitrogens with one attached hydrogen (secondary N) is 1. The normalized spacial score (nSPS) is 20.1. The molecule has 1 N–H and O–H groups in total. The van der Waals surface area contributed by atoms with Crippen LogP contribution >= 0.6 is 15.9 Å². The van der Waals surface area contributed by atoms with E-state index in [9.17, 15) is 0 Å². The molecule has 19 heavy (non-hydrogen) atoms. The topological polar surface area (TPSA) is 31.9 Å². The second-order valence-electron chi connectivity index (χ2n) is 5.24. The fourth-order valence-corrected chi connectivity index (χ4v) is 3.05. The molecule has 4 heteroatoms. The number of hydrogen-bond acceptors (Lipinski definition) is 2. The summed E-state index contributed by atoms with van der Waals surface area (Å²) >= 11 is 3.47. The fourth-order valence-electron chi connectivity index (χ4n) is 2.79. The van der Waals surface area contributed by atoms with E-state index in [2.05, 4.69) is 64.1 Å². The molecule has 1 aromatic heterocycles. The Morgan fingerprint density at radius 1 is 1.32 bits per heavy atom. The molecule has 2 aromatic rings. The van der Waals surface area contributed by atoms with Crippen molar-refractivity contribution in [2.24, 2.45) is 0 Å². The van der Waals surface area contributed by atoms with Gasteiger partial charge in [-0.2, -0.15) is 0 Å². The van der Waals surface area contributed by atoms with Crippen molar-refractivity contribution >= 4 is 15.9 Å². The Labute approximate surface area is 122 Å². The van der Waals surface area contributed by atoms with Crippen molar-refractivity contribution < 1.29 is 0 Å². The highest BCUT2D eigenvalue weighted by molar-refractivity contribution is 9.10. The second kappa shape index (κ2) is 5.10. The largest absolute Gasteiger partial charge is 0.344 e. The van der Waals surface area contributed by atoms with Gasteiger partial charge < -0.3 is 4.98 Å². The Morgan fingerprint density at radius 2 is 2.05 bits per heavy atom. The van der Waals surface area contributed by atoms with Crippen molar-refractivity contribution in [3.63, 3.8) is 0 Å². The molecular weight excluding hydrogens is 302 g/mol. The van der Waals surface area contributed by atoms with Gasteiger partial charge in [0.05, 0.1) is 11.7 Å². The lowest BCUT2D eigenvalue weighted by molar-refractivity contribution is 0.307. The number of rotatable bonds is 2. The lowest BCUT2D eigenvalue weighted by atomic mass is 10.1. The Bertz CT molecular complexity index is 574. The maximum Gasteiger partial charge on any atom is 0.124 e. The quantitative estimate of drug-likeness (QED) is 0.910. The summed E-state index contributed by atoms with van der Waals surface area (Å²) in [7, 11) is 2.18. The first-order valence-corrected chi connectivity index (χ1v) is 7.47. The molecule has 0 saturated carbocycles. The summed E-state index contributed by atoms with van der Waals surface area (Å²) < 4.78 is 1.10. The molecule has 100 valence electrons. The molecule has 1 aliphatic heterocycles. The molecule has 0 radical (unpaired) electrons. The van der Waals surface area contributed by atoms with Gasteiger partial charge in [0.2, 0.25) is 0 Å². The van der Waals surface area contributed by atoms with E-state index in [1.165, 1.54) is 18.4 Å². The molecule has 1 atom stereocenters. The number of H-pyrrole nitrogens is 1. The summed E-state index contributed by atoms with van der Waals surface area (Å²) in [6.07, 6.45) is 2.46. The number of halogens is 1. The van der Waals surface area contributed by atoms with Gasteiger partial charge in [-0.25, -0.2) is 4.98 Å². The van der Waals surface area contributed by atoms with Gasteiger partial charge in [-0.05, 0) is 45.5 Å². The molecule has 1 aliphatic rings. The fraction of sp³-hybridized carbons (Fsp3) is 0.400. The Hall–Kier alpha value is -1.13. The molecule has 1 unspecified atom stereocenters. The summed E-state index contributed by atoms with van der Waals surface area (Å²) in [4.78, 5) is 10.7. The Morgan fingerprint density at radius 3 is 2.68 bits per heavy atom. The van der Waals surface area contributed by atoms with Crippen LogP contribution < -0.4 is 0 Å². The van der Waals surface area contributed by atoms with Crippen molar-refractivity contribution in [2.75, 3.05) is 13.6 Å². The van der Waals surface area contributed by atoms with E-state index in [1.54, 1.807) is 0 Å². The third-order valence-corrected chi connectivity index (χ3v) is 4.39. The first-order valence-electron chi connectivity index (χ1n) is 6.68. The SMILES string of the molecule is Cc1[nH]c(C2CCCN2C)nc1-c1ccc(Br)cc1. The third-order valence-electron chi connectivity index (χ3n) is 3.86. The van der Waals surface area contributed by atoms with Gasteiger partial charge >= 0.3 is 0 Å². The van der Waals surface area contributed by atoms with Crippen LogP contribution in [0.1, 0.15) is 30.4 Å². The monoisotopic (exact) mass is 319 g/mol. The summed E-state index contributed by atoms with van der Waals surface area (Å²) in [6, 6.07) is 8.78. The molecule has 3 rings (SSSR count). The third kappa shape index (κ3) is 2.47. The van der Waals surface area contributed by atoms with Crippen LogP contribution in [0.3, 0.4) is 0 Å². The van der Waals surface area contributed by atoms with Crippen LogP contribution in [0.5, 0.6) is 0 Å². The number of aromatic amines is 1. The number of nitrogens with zero attached hydrogens (tertiary/aromatic N) is 2. The number of aryl methyl sites for hydroxylation is 1. The van der Waals surface area contributed by atoms with Crippen LogP contribution in [0.4, 0.5) is 0 Å². The molecule has 2 heterocycles. The van der Waals surface area contributed by atoms with Gasteiger partial charge in [0.15, 0.2) is 0 Å². The van der Waals surface area contributed by atoms with Crippen LogP contribution in [0.25, 0.3) is 11.3 Å². The molecule has 0 amide bonds. The van der Waals surface area contributed by atoms with Gasteiger partial charge in [0, 0.05) is 15.7 Å². The maximum atomic E-state index is 4.83. The van der Waals surface area contributed by atoms with Gasteiger partial charge in [0.1, 0.15) is 5.82 Å². The van der Waals surface area contributed by atoms with E-state index >= 15 is 0 Å². The lowest BCUT2D eigenvalue weighted by Gasteiger charge is -2.16. The van der Waals surface area contributed by atoms with E-state index in [1.807, 2.05) is 0 Å². The molecule has 0 spiro atoms. The van der Waals surface area contributed by atoms with E-state index in [0.717, 1.165) is 28.2 Å². The summed E-state index contributed by atoms with van der Waals surface area (Å²) in [5.41, 5.74) is 3.39. The number of imidazole rings is 1. The molecule has 1 saturated heterocycles. The highest BCUT2D eigenvalue weighted by Crippen LogP contribution is 2.31. The van der Waals surface area contributed by atoms with Crippen LogP contribution in [-0.4, -0.2) is 28.5 Å². The zero-order valence-electron chi connectivity index (χ0n) is 11.3. The highest BCUT2D eigenvalue weighted by atomic mass is 79.9. The number of hydrogen-bond donors (Lipinski definition) is 1. The zero-order chi connectivity index (χ0) is 13.4. The standard InChI is InChI=1S/C15H18BrN3/c1-10-14(11-5-7-12(16)8-6-11)18-15(17-10)13-4-3-9-19(13)2/h5-8,13H,3-4,9H2,1-2H3,(H,17,18). The second-order valence-corrected chi connectivity index (χ2v) is 6.16. The minimum atomic E-state index is 0.447. The first-order chi connectivity index (χ1) is 9.15. The minimum absolute atomic E-state index is 0.447. The average Bonchev–Trinajstić information content (AvgIpc) is 2.96. The van der Waals surface area contributed by atoms with Crippen molar-refractivity contribution in [3.05, 3.63) is 40.3 Å². The van der Waals surface area contributed by atoms with Gasteiger partial charge in [0.25, 0.3) is 0 Å². The van der Waals surface area contributed by atoms with Crippen LogP contribution in [0.15, 0.2) is 28.7 Å². The summed E-state index contributed by atoms with van der Waals surface area (Å²) in [6.45, 7) is 3.26. The average molecular weight is 320 g/mol. The highest BCUT2D eigenvalue weighted by Gasteiger charge is 2.26. The number of aromatic nitrogens is 2. The molecule has 0 bridgehead atoms. The predicted octanol–water partition coefficient (Wildman–Crippen LogP) is 3.91. The van der Waals surface area contributed by atoms with Crippen LogP contribution in [-0.2, 0) is 0 Å². The number of benzene rings is 1. The summed E-state index contributed by atoms with van der Waals surface area (Å²) in [5.74, 6) is 1.11. The lowest BCUT2D eigenvalue weighted by Crippen LogP contribution is -2.18. The van der Waals surface area contributed by atoms with Gasteiger partial charge in [-0.3, -0.25) is 4.90 Å². The van der Waals surface area contributed by atoms with E-state index in [-0.39, 0.29) is 0 Å². The molecule has 1 fully saturated rings. The summed E-state index contributed by atoms with van der Waals surface area (Å²) in [5, 5.41) is 0. The number of likely N-dealkylation sites (tertiary alicyclic amines) is 1. The Kier molecular flexibility index (Phi) is 3.46. The van der Waals surface area contributed by atoms with Crippen molar-refractivity contribution in [1.82, 2.24) is 14.9 Å². The first kappa shape index (κ1) is 12.9. The Balaban J connectivity index is 1.95. The van der Waals surface area contributed by atoms with Crippen LogP contribution in [0, 0.1) is 6.92 Å². The predicted molar refractivity (Wildman–Crippen MR) is 81.1 cm³/mol. The van der Waals surface area contributed by atoms with Crippen molar-refractivity contribution in [1.29, 1.82) is 0 Å². The van der Waals surface area contributed by atoms with E-state index < -0.39 is 0 Å².